The molecule has 1 unspecified atom stereocenters. The summed E-state index contributed by atoms with van der Waals surface area (Å²) in [5, 5.41) is 11.7. The highest BCUT2D eigenvalue weighted by Crippen LogP contribution is 2.39. The minimum absolute atomic E-state index is 0.199. The Morgan fingerprint density at radius 3 is 2.82 bits per heavy atom. The number of aryl methyl sites for hydroxylation is 1. The van der Waals surface area contributed by atoms with Crippen LogP contribution in [0, 0.1) is 0 Å². The first-order chi connectivity index (χ1) is 13.5. The lowest BCUT2D eigenvalue weighted by Gasteiger charge is -2.12. The van der Waals surface area contributed by atoms with Gasteiger partial charge in [-0.25, -0.2) is 0 Å². The second-order valence-electron chi connectivity index (χ2n) is 6.49. The molecule has 0 aliphatic heterocycles. The lowest BCUT2D eigenvalue weighted by molar-refractivity contribution is -0.115. The Hall–Kier alpha value is -2.65. The average Bonchev–Trinajstić information content (AvgIpc) is 3.38. The zero-order chi connectivity index (χ0) is 19.7. The van der Waals surface area contributed by atoms with Crippen molar-refractivity contribution in [2.24, 2.45) is 5.73 Å². The van der Waals surface area contributed by atoms with Crippen molar-refractivity contribution in [3.05, 3.63) is 52.7 Å². The van der Waals surface area contributed by atoms with Crippen molar-refractivity contribution in [1.82, 2.24) is 14.8 Å². The average molecular weight is 414 g/mol. The largest absolute Gasteiger partial charge is 0.365 e. The molecule has 1 aliphatic rings. The monoisotopic (exact) mass is 413 g/mol. The number of hydrogen-bond donors (Lipinski definition) is 2. The highest BCUT2D eigenvalue weighted by molar-refractivity contribution is 8.00. The summed E-state index contributed by atoms with van der Waals surface area (Å²) in [4.78, 5) is 25.8. The number of aromatic nitrogens is 3. The summed E-state index contributed by atoms with van der Waals surface area (Å²) in [7, 11) is 0. The highest BCUT2D eigenvalue weighted by Gasteiger charge is 2.27. The molecule has 0 saturated heterocycles. The van der Waals surface area contributed by atoms with E-state index in [4.69, 9.17) is 5.73 Å². The number of benzene rings is 1. The number of thiophene rings is 1. The van der Waals surface area contributed by atoms with Crippen LogP contribution in [-0.2, 0) is 17.6 Å². The normalized spacial score (nSPS) is 13.9. The molecule has 0 radical (unpaired) electrons. The van der Waals surface area contributed by atoms with Crippen LogP contribution >= 0.6 is 23.1 Å². The number of fused-ring (bicyclic) bond motifs is 1. The number of para-hydroxylation sites is 1. The summed E-state index contributed by atoms with van der Waals surface area (Å²) in [5.74, 6) is -0.686. The SMILES string of the molecule is CC(Sc1nncn1-c1ccccc1)C(=O)Nc1sc2c(c1C(N)=O)CCC2. The number of nitrogens with one attached hydrogen (secondary N) is 1. The third kappa shape index (κ3) is 3.55. The van der Waals surface area contributed by atoms with E-state index < -0.39 is 11.2 Å². The van der Waals surface area contributed by atoms with E-state index in [2.05, 4.69) is 15.5 Å². The number of nitrogens with zero attached hydrogens (tertiary/aromatic N) is 3. The Morgan fingerprint density at radius 1 is 1.29 bits per heavy atom. The maximum absolute atomic E-state index is 12.8. The van der Waals surface area contributed by atoms with Gasteiger partial charge < -0.3 is 11.1 Å². The molecule has 28 heavy (non-hydrogen) atoms. The van der Waals surface area contributed by atoms with Crippen LogP contribution in [0.5, 0.6) is 0 Å². The molecule has 1 atom stereocenters. The smallest absolute Gasteiger partial charge is 0.251 e. The van der Waals surface area contributed by atoms with E-state index in [1.807, 2.05) is 34.9 Å². The zero-order valence-corrected chi connectivity index (χ0v) is 16.8. The maximum Gasteiger partial charge on any atom is 0.251 e. The number of primary amides is 1. The molecule has 2 amide bonds. The third-order valence-corrected chi connectivity index (χ3v) is 6.87. The first kappa shape index (κ1) is 18.7. The number of carbonyl (C=O) groups excluding carboxylic acids is 2. The minimum Gasteiger partial charge on any atom is -0.365 e. The van der Waals surface area contributed by atoms with Gasteiger partial charge in [0.1, 0.15) is 11.3 Å². The number of anilines is 1. The second-order valence-corrected chi connectivity index (χ2v) is 8.91. The molecule has 0 fully saturated rings. The molecule has 0 spiro atoms. The van der Waals surface area contributed by atoms with E-state index in [0.29, 0.717) is 15.7 Å². The van der Waals surface area contributed by atoms with Gasteiger partial charge in [0, 0.05) is 10.6 Å². The van der Waals surface area contributed by atoms with Gasteiger partial charge in [-0.1, -0.05) is 30.0 Å². The summed E-state index contributed by atoms with van der Waals surface area (Å²) < 4.78 is 1.84. The quantitative estimate of drug-likeness (QED) is 0.605. The molecule has 7 nitrogen and oxygen atoms in total. The Bertz CT molecular complexity index is 1030. The molecule has 2 aromatic heterocycles. The number of amides is 2. The van der Waals surface area contributed by atoms with E-state index in [9.17, 15) is 9.59 Å². The van der Waals surface area contributed by atoms with Crippen molar-refractivity contribution >= 4 is 39.9 Å². The van der Waals surface area contributed by atoms with Gasteiger partial charge in [-0.2, -0.15) is 0 Å². The van der Waals surface area contributed by atoms with Crippen LogP contribution in [0.1, 0.15) is 34.1 Å². The van der Waals surface area contributed by atoms with Crippen LogP contribution in [-0.4, -0.2) is 31.8 Å². The molecular weight excluding hydrogens is 394 g/mol. The fourth-order valence-corrected chi connectivity index (χ4v) is 5.39. The lowest BCUT2D eigenvalue weighted by atomic mass is 10.1. The number of thioether (sulfide) groups is 1. The fourth-order valence-electron chi connectivity index (χ4n) is 3.25. The number of nitrogens with two attached hydrogens (primary N) is 1. The van der Waals surface area contributed by atoms with E-state index in [1.165, 1.54) is 23.1 Å². The standard InChI is InChI=1S/C19H19N5O2S2/c1-11(27-19-23-21-10-24(19)12-6-3-2-4-7-12)17(26)22-18-15(16(20)25)13-8-5-9-14(13)28-18/h2-4,6-7,10-11H,5,8-9H2,1H3,(H2,20,25)(H,22,26). The maximum atomic E-state index is 12.8. The van der Waals surface area contributed by atoms with Crippen molar-refractivity contribution in [3.63, 3.8) is 0 Å². The summed E-state index contributed by atoms with van der Waals surface area (Å²) >= 11 is 2.77. The summed E-state index contributed by atoms with van der Waals surface area (Å²) in [5.41, 5.74) is 7.96. The van der Waals surface area contributed by atoms with Crippen LogP contribution < -0.4 is 11.1 Å². The molecule has 3 aromatic rings. The van der Waals surface area contributed by atoms with E-state index in [0.717, 1.165) is 35.4 Å². The molecule has 1 aromatic carbocycles. The van der Waals surface area contributed by atoms with E-state index >= 15 is 0 Å². The van der Waals surface area contributed by atoms with Gasteiger partial charge in [0.05, 0.1) is 10.8 Å². The van der Waals surface area contributed by atoms with Crippen LogP contribution in [0.3, 0.4) is 0 Å². The second kappa shape index (κ2) is 7.76. The first-order valence-electron chi connectivity index (χ1n) is 8.92. The number of carbonyl (C=O) groups is 2. The number of hydrogen-bond acceptors (Lipinski definition) is 6. The summed E-state index contributed by atoms with van der Waals surface area (Å²) in [6.45, 7) is 1.80. The molecule has 0 bridgehead atoms. The fraction of sp³-hybridized carbons (Fsp3) is 0.263. The molecule has 4 rings (SSSR count). The van der Waals surface area contributed by atoms with Crippen molar-refractivity contribution < 1.29 is 9.59 Å². The molecule has 3 N–H and O–H groups in total. The Balaban J connectivity index is 1.50. The molecule has 1 aliphatic carbocycles. The van der Waals surface area contributed by atoms with E-state index in [-0.39, 0.29) is 5.91 Å². The summed E-state index contributed by atoms with van der Waals surface area (Å²) in [6.07, 6.45) is 4.42. The first-order valence-corrected chi connectivity index (χ1v) is 10.6. The van der Waals surface area contributed by atoms with Crippen LogP contribution in [0.4, 0.5) is 5.00 Å². The molecule has 2 heterocycles. The van der Waals surface area contributed by atoms with Crippen LogP contribution in [0.15, 0.2) is 41.8 Å². The Labute approximate surface area is 170 Å². The number of rotatable bonds is 6. The van der Waals surface area contributed by atoms with Gasteiger partial charge in [-0.05, 0) is 43.9 Å². The minimum atomic E-state index is -0.487. The summed E-state index contributed by atoms with van der Waals surface area (Å²) in [6, 6.07) is 9.70. The van der Waals surface area contributed by atoms with Crippen molar-refractivity contribution in [2.75, 3.05) is 5.32 Å². The Kier molecular flexibility index (Phi) is 5.19. The van der Waals surface area contributed by atoms with Gasteiger partial charge >= 0.3 is 0 Å². The van der Waals surface area contributed by atoms with Gasteiger partial charge in [-0.3, -0.25) is 14.2 Å². The van der Waals surface area contributed by atoms with Crippen molar-refractivity contribution in [3.8, 4) is 5.69 Å². The topological polar surface area (TPSA) is 103 Å². The lowest BCUT2D eigenvalue weighted by Crippen LogP contribution is -2.24. The van der Waals surface area contributed by atoms with Crippen molar-refractivity contribution in [2.45, 2.75) is 36.6 Å². The molecule has 144 valence electrons. The predicted octanol–water partition coefficient (Wildman–Crippen LogP) is 3.04. The van der Waals surface area contributed by atoms with Crippen molar-refractivity contribution in [1.29, 1.82) is 0 Å². The predicted molar refractivity (Wildman–Crippen MR) is 110 cm³/mol. The molecular formula is C19H19N5O2S2. The highest BCUT2D eigenvalue weighted by atomic mass is 32.2. The van der Waals surface area contributed by atoms with E-state index in [1.54, 1.807) is 13.3 Å². The van der Waals surface area contributed by atoms with Gasteiger partial charge in [0.15, 0.2) is 5.16 Å². The van der Waals surface area contributed by atoms with Gasteiger partial charge in [0.25, 0.3) is 5.91 Å². The van der Waals surface area contributed by atoms with Crippen LogP contribution in [0.25, 0.3) is 5.69 Å². The van der Waals surface area contributed by atoms with Gasteiger partial charge in [-0.15, -0.1) is 21.5 Å². The third-order valence-electron chi connectivity index (χ3n) is 4.61. The van der Waals surface area contributed by atoms with Crippen LogP contribution in [0.2, 0.25) is 0 Å². The Morgan fingerprint density at radius 2 is 2.07 bits per heavy atom. The zero-order valence-electron chi connectivity index (χ0n) is 15.2. The van der Waals surface area contributed by atoms with Gasteiger partial charge in [0.2, 0.25) is 5.91 Å². The molecule has 9 heteroatoms. The molecule has 0 saturated carbocycles.